The van der Waals surface area contributed by atoms with Gasteiger partial charge in [-0.15, -0.1) is 0 Å². The van der Waals surface area contributed by atoms with Crippen molar-refractivity contribution in [1.29, 1.82) is 0 Å². The average Bonchev–Trinajstić information content (AvgIpc) is 3.44. The molecule has 6 atom stereocenters. The number of carboxylic acid groups (broad SMARTS) is 1. The van der Waals surface area contributed by atoms with Gasteiger partial charge in [0.15, 0.2) is 24.6 Å². The van der Waals surface area contributed by atoms with Crippen LogP contribution in [0.15, 0.2) is 60.8 Å². The minimum atomic E-state index is -1.91. The molecule has 6 unspecified atom stereocenters. The number of carbonyl (C=O) groups is 4. The molecule has 0 saturated carbocycles. The lowest BCUT2D eigenvalue weighted by Crippen LogP contribution is -2.61. The number of aliphatic carboxylic acids is 1. The molecule has 1 aliphatic heterocycles. The van der Waals surface area contributed by atoms with Gasteiger partial charge in [0.05, 0.1) is 6.61 Å². The van der Waals surface area contributed by atoms with E-state index in [0.29, 0.717) is 19.3 Å². The van der Waals surface area contributed by atoms with Crippen LogP contribution in [0.1, 0.15) is 290 Å². The molecule has 456 valence electrons. The topological polar surface area (TPSA) is 175 Å². The van der Waals surface area contributed by atoms with Gasteiger partial charge < -0.3 is 39.0 Å². The van der Waals surface area contributed by atoms with Crippen molar-refractivity contribution in [3.05, 3.63) is 60.8 Å². The molecule has 0 aliphatic carbocycles. The lowest BCUT2D eigenvalue weighted by atomic mass is 9.98. The fraction of sp³-hybridized carbons (Fsp3) is 0.791. The summed E-state index contributed by atoms with van der Waals surface area (Å²) >= 11 is 0. The van der Waals surface area contributed by atoms with E-state index >= 15 is 0 Å². The van der Waals surface area contributed by atoms with Crippen LogP contribution in [0.3, 0.4) is 0 Å². The van der Waals surface area contributed by atoms with Gasteiger partial charge in [-0.3, -0.25) is 14.4 Å². The van der Waals surface area contributed by atoms with Crippen molar-refractivity contribution in [1.82, 2.24) is 0 Å². The minimum absolute atomic E-state index is 0.0442. The third-order valence-corrected chi connectivity index (χ3v) is 14.5. The molecule has 0 aromatic heterocycles. The van der Waals surface area contributed by atoms with Crippen LogP contribution in [0.2, 0.25) is 0 Å². The fourth-order valence-electron chi connectivity index (χ4n) is 9.54. The Morgan fingerprint density at radius 1 is 0.418 bits per heavy atom. The van der Waals surface area contributed by atoms with E-state index < -0.39 is 67.3 Å². The first-order valence-electron chi connectivity index (χ1n) is 32.3. The third-order valence-electron chi connectivity index (χ3n) is 14.5. The summed E-state index contributed by atoms with van der Waals surface area (Å²) in [4.78, 5) is 51.3. The zero-order valence-electron chi connectivity index (χ0n) is 50.4. The van der Waals surface area contributed by atoms with Gasteiger partial charge in [-0.25, -0.2) is 4.79 Å². The maximum atomic E-state index is 13.2. The molecule has 12 heteroatoms. The lowest BCUT2D eigenvalue weighted by molar-refractivity contribution is -0.301. The van der Waals surface area contributed by atoms with E-state index in [0.717, 1.165) is 128 Å². The Labute approximate surface area is 481 Å². The summed E-state index contributed by atoms with van der Waals surface area (Å²) in [6.07, 6.45) is 56.0. The summed E-state index contributed by atoms with van der Waals surface area (Å²) in [6, 6.07) is 0. The number of ether oxygens (including phenoxy) is 5. The van der Waals surface area contributed by atoms with Gasteiger partial charge in [-0.2, -0.15) is 0 Å². The quantitative estimate of drug-likeness (QED) is 0.0228. The van der Waals surface area contributed by atoms with Gasteiger partial charge in [-0.05, 0) is 109 Å². The highest BCUT2D eigenvalue weighted by Crippen LogP contribution is 2.27. The van der Waals surface area contributed by atoms with Gasteiger partial charge >= 0.3 is 23.9 Å². The molecule has 1 heterocycles. The molecule has 0 radical (unpaired) electrons. The molecule has 12 nitrogen and oxygen atoms in total. The van der Waals surface area contributed by atoms with E-state index in [-0.39, 0.29) is 25.9 Å². The first-order chi connectivity index (χ1) is 38.6. The van der Waals surface area contributed by atoms with E-state index in [2.05, 4.69) is 81.5 Å². The number of rotatable bonds is 55. The van der Waals surface area contributed by atoms with E-state index in [1.54, 1.807) is 0 Å². The van der Waals surface area contributed by atoms with Crippen molar-refractivity contribution in [2.45, 2.75) is 327 Å². The number of unbranched alkanes of at least 4 members (excludes halogenated alkanes) is 31. The molecule has 0 bridgehead atoms. The summed E-state index contributed by atoms with van der Waals surface area (Å²) in [5.41, 5.74) is 0. The van der Waals surface area contributed by atoms with Crippen LogP contribution < -0.4 is 0 Å². The van der Waals surface area contributed by atoms with Crippen LogP contribution in [-0.2, 0) is 42.9 Å². The monoisotopic (exact) mass is 1110 g/mol. The second-order valence-electron chi connectivity index (χ2n) is 22.0. The zero-order chi connectivity index (χ0) is 57.5. The molecule has 0 spiro atoms. The van der Waals surface area contributed by atoms with Crippen LogP contribution in [0, 0.1) is 0 Å². The predicted molar refractivity (Wildman–Crippen MR) is 322 cm³/mol. The van der Waals surface area contributed by atoms with Gasteiger partial charge in [0, 0.05) is 19.3 Å². The van der Waals surface area contributed by atoms with E-state index in [9.17, 15) is 34.5 Å². The molecule has 79 heavy (non-hydrogen) atoms. The van der Waals surface area contributed by atoms with Crippen molar-refractivity contribution in [2.75, 3.05) is 13.2 Å². The number of carboxylic acids is 1. The number of hydrogen-bond acceptors (Lipinski definition) is 11. The van der Waals surface area contributed by atoms with Gasteiger partial charge in [-0.1, -0.05) is 223 Å². The van der Waals surface area contributed by atoms with Crippen LogP contribution in [0.4, 0.5) is 0 Å². The number of allylic oxidation sites excluding steroid dienone is 10. The summed E-state index contributed by atoms with van der Waals surface area (Å²) < 4.78 is 28.5. The van der Waals surface area contributed by atoms with E-state index in [4.69, 9.17) is 23.7 Å². The van der Waals surface area contributed by atoms with Crippen LogP contribution >= 0.6 is 0 Å². The Balaban J connectivity index is 2.67. The van der Waals surface area contributed by atoms with Crippen LogP contribution in [0.25, 0.3) is 0 Å². The van der Waals surface area contributed by atoms with Crippen molar-refractivity contribution < 1.29 is 58.2 Å². The summed E-state index contributed by atoms with van der Waals surface area (Å²) in [5, 5.41) is 31.6. The SMILES string of the molecule is CCCCC/C=C\C/C=C\C/C=C\CCCCCCCCC(=O)OC1C(OCC(COC(=O)CCCCCCC/C=C\CCCCCCCC)OC(=O)CCCCCCC/C=C\CCCCCCCC)OC(C(=O)O)C(O)C1O. The van der Waals surface area contributed by atoms with Gasteiger partial charge in [0.1, 0.15) is 18.8 Å². The zero-order valence-corrected chi connectivity index (χ0v) is 50.4. The molecule has 0 aromatic rings. The van der Waals surface area contributed by atoms with Gasteiger partial charge in [0.2, 0.25) is 0 Å². The molecule has 0 amide bonds. The Morgan fingerprint density at radius 2 is 0.759 bits per heavy atom. The highest BCUT2D eigenvalue weighted by Gasteiger charge is 2.50. The maximum absolute atomic E-state index is 13.2. The average molecular weight is 1110 g/mol. The predicted octanol–water partition coefficient (Wildman–Crippen LogP) is 17.1. The number of esters is 3. The number of hydrogen-bond donors (Lipinski definition) is 3. The normalized spacial score (nSPS) is 18.2. The third kappa shape index (κ3) is 44.7. The Morgan fingerprint density at radius 3 is 1.19 bits per heavy atom. The fourth-order valence-corrected chi connectivity index (χ4v) is 9.54. The molecule has 3 N–H and O–H groups in total. The Hall–Kier alpha value is -3.58. The molecular weight excluding hydrogens is 997 g/mol. The smallest absolute Gasteiger partial charge is 0.335 e. The number of aliphatic hydroxyl groups excluding tert-OH is 2. The molecule has 0 aromatic carbocycles. The summed E-state index contributed by atoms with van der Waals surface area (Å²) in [6.45, 7) is 5.97. The van der Waals surface area contributed by atoms with E-state index in [1.165, 1.54) is 103 Å². The molecule has 1 saturated heterocycles. The Kier molecular flexibility index (Phi) is 51.1. The highest BCUT2D eigenvalue weighted by molar-refractivity contribution is 5.74. The van der Waals surface area contributed by atoms with Crippen molar-refractivity contribution in [3.8, 4) is 0 Å². The second kappa shape index (κ2) is 55.0. The van der Waals surface area contributed by atoms with Crippen molar-refractivity contribution >= 4 is 23.9 Å². The largest absolute Gasteiger partial charge is 0.479 e. The first kappa shape index (κ1) is 73.4. The van der Waals surface area contributed by atoms with Crippen molar-refractivity contribution in [2.24, 2.45) is 0 Å². The highest BCUT2D eigenvalue weighted by atomic mass is 16.7. The van der Waals surface area contributed by atoms with Gasteiger partial charge in [0.25, 0.3) is 0 Å². The molecule has 1 aliphatic rings. The number of carbonyl (C=O) groups excluding carboxylic acids is 3. The number of aliphatic hydroxyl groups is 2. The standard InChI is InChI=1S/C67H116O12/c1-4-7-10-13-16-19-22-25-28-29-30-31-34-37-40-43-46-49-52-55-61(70)78-65-63(72)62(71)64(66(73)74)79-67(65)76-57-58(77-60(69)54-51-48-45-42-39-36-33-27-24-21-18-15-12-9-6-3)56-75-59(68)53-50-47-44-41-38-35-32-26-23-20-17-14-11-8-5-2/h16,19,25-28,30-33,58,62-65,67,71-72H,4-15,17-18,20-24,29,34-57H2,1-3H3,(H,73,74)/b19-16-,28-25-,31-30-,32-26-,33-27-. The summed E-state index contributed by atoms with van der Waals surface area (Å²) in [5.74, 6) is -3.14. The van der Waals surface area contributed by atoms with E-state index in [1.807, 2.05) is 0 Å². The Bertz CT molecular complexity index is 1600. The summed E-state index contributed by atoms with van der Waals surface area (Å²) in [7, 11) is 0. The minimum Gasteiger partial charge on any atom is -0.479 e. The maximum Gasteiger partial charge on any atom is 0.335 e. The second-order valence-corrected chi connectivity index (χ2v) is 22.0. The molecule has 1 rings (SSSR count). The first-order valence-corrected chi connectivity index (χ1v) is 32.3. The van der Waals surface area contributed by atoms with Crippen LogP contribution in [-0.4, -0.2) is 89.2 Å². The molecular formula is C67H116O12. The van der Waals surface area contributed by atoms with Crippen molar-refractivity contribution in [3.63, 3.8) is 0 Å². The lowest BCUT2D eigenvalue weighted by Gasteiger charge is -2.40. The van der Waals surface area contributed by atoms with Crippen LogP contribution in [0.5, 0.6) is 0 Å². The molecule has 1 fully saturated rings.